The smallest absolute Gasteiger partial charge is 0.0708 e. The van der Waals surface area contributed by atoms with Gasteiger partial charge in [-0.15, -0.1) is 0 Å². The van der Waals surface area contributed by atoms with Crippen molar-refractivity contribution in [3.05, 3.63) is 258 Å². The van der Waals surface area contributed by atoms with E-state index in [4.69, 9.17) is 4.98 Å². The number of aromatic nitrogens is 3. The van der Waals surface area contributed by atoms with Crippen LogP contribution in [0.5, 0.6) is 0 Å². The molecule has 0 spiro atoms. The number of nitrogens with zero attached hydrogens (tertiary/aromatic N) is 3. The third-order valence-electron chi connectivity index (χ3n) is 12.6. The third-order valence-corrected chi connectivity index (χ3v) is 12.6. The molecule has 0 fully saturated rings. The highest BCUT2D eigenvalue weighted by Crippen LogP contribution is 2.40. The zero-order valence-electron chi connectivity index (χ0n) is 37.5. The van der Waals surface area contributed by atoms with Crippen molar-refractivity contribution in [2.75, 3.05) is 0 Å². The van der Waals surface area contributed by atoms with Gasteiger partial charge in [0.15, 0.2) is 0 Å². The van der Waals surface area contributed by atoms with Crippen molar-refractivity contribution in [2.45, 2.75) is 39.5 Å². The largest absolute Gasteiger partial charge is 0.256 e. The van der Waals surface area contributed by atoms with Gasteiger partial charge in [-0.1, -0.05) is 188 Å². The predicted octanol–water partition coefficient (Wildman–Crippen LogP) is 15.7. The van der Waals surface area contributed by atoms with Gasteiger partial charge in [0.1, 0.15) is 0 Å². The Bertz CT molecular complexity index is 3080. The van der Waals surface area contributed by atoms with Gasteiger partial charge in [-0.3, -0.25) is 15.0 Å². The molecule has 3 nitrogen and oxygen atoms in total. The van der Waals surface area contributed by atoms with Crippen LogP contribution in [0.25, 0.3) is 78.3 Å². The molecule has 3 aromatic heterocycles. The fourth-order valence-corrected chi connectivity index (χ4v) is 8.86. The van der Waals surface area contributed by atoms with Gasteiger partial charge in [0.05, 0.1) is 17.1 Å². The van der Waals surface area contributed by atoms with Crippen molar-refractivity contribution in [3.63, 3.8) is 0 Å². The van der Waals surface area contributed by atoms with Crippen LogP contribution in [0.4, 0.5) is 0 Å². The first-order valence-corrected chi connectivity index (χ1v) is 23.0. The molecule has 66 heavy (non-hydrogen) atoms. The van der Waals surface area contributed by atoms with Gasteiger partial charge >= 0.3 is 0 Å². The molecule has 318 valence electrons. The molecule has 0 saturated heterocycles. The number of benzene rings is 7. The number of pyridine rings is 3. The molecule has 0 N–H and O–H groups in total. The Morgan fingerprint density at radius 3 is 1.21 bits per heavy atom. The molecule has 0 aliphatic carbocycles. The normalized spacial score (nSPS) is 11.1. The van der Waals surface area contributed by atoms with Crippen molar-refractivity contribution in [1.82, 2.24) is 15.0 Å². The number of rotatable bonds is 13. The van der Waals surface area contributed by atoms with E-state index in [9.17, 15) is 0 Å². The molecular weight excluding hydrogens is 799 g/mol. The van der Waals surface area contributed by atoms with Crippen molar-refractivity contribution in [3.8, 4) is 78.3 Å². The lowest BCUT2D eigenvalue weighted by Crippen LogP contribution is -1.98. The van der Waals surface area contributed by atoms with E-state index in [0.29, 0.717) is 0 Å². The van der Waals surface area contributed by atoms with E-state index >= 15 is 0 Å². The molecule has 10 aromatic rings. The van der Waals surface area contributed by atoms with Crippen LogP contribution >= 0.6 is 0 Å². The zero-order chi connectivity index (χ0) is 44.7. The molecule has 0 aliphatic rings. The van der Waals surface area contributed by atoms with Crippen molar-refractivity contribution >= 4 is 0 Å². The first kappa shape index (κ1) is 42.0. The first-order valence-electron chi connectivity index (χ1n) is 23.0. The Morgan fingerprint density at radius 2 is 0.682 bits per heavy atom. The summed E-state index contributed by atoms with van der Waals surface area (Å²) < 4.78 is 0. The lowest BCUT2D eigenvalue weighted by Gasteiger charge is -2.18. The van der Waals surface area contributed by atoms with Crippen LogP contribution in [0.3, 0.4) is 0 Å². The molecule has 0 unspecified atom stereocenters. The molecule has 0 aliphatic heterocycles. The SMILES string of the molecule is Cc1ccc(-c2ccc(CCc3cc(CCc4ccc(-c5ccc(C)cn5)cc4)cc(-c4ccccc4-c4cnc(-c5ccccc5)cc4-c4ccc(-c5ccccc5)cc4)c3)cc2)nc1. The highest BCUT2D eigenvalue weighted by atomic mass is 14.7. The van der Waals surface area contributed by atoms with Crippen molar-refractivity contribution in [1.29, 1.82) is 0 Å². The Morgan fingerprint density at radius 1 is 0.258 bits per heavy atom. The van der Waals surface area contributed by atoms with Gasteiger partial charge in [0, 0.05) is 40.8 Å². The summed E-state index contributed by atoms with van der Waals surface area (Å²) in [6.07, 6.45) is 9.68. The van der Waals surface area contributed by atoms with Crippen LogP contribution in [0.2, 0.25) is 0 Å². The number of aryl methyl sites for hydroxylation is 6. The number of hydrogen-bond donors (Lipinski definition) is 0. The summed E-state index contributed by atoms with van der Waals surface area (Å²) >= 11 is 0. The minimum Gasteiger partial charge on any atom is -0.256 e. The average Bonchev–Trinajstić information content (AvgIpc) is 3.38. The number of hydrogen-bond acceptors (Lipinski definition) is 3. The fraction of sp³-hybridized carbons (Fsp3) is 0.0952. The van der Waals surface area contributed by atoms with Crippen LogP contribution in [-0.4, -0.2) is 15.0 Å². The zero-order valence-corrected chi connectivity index (χ0v) is 37.5. The van der Waals surface area contributed by atoms with E-state index in [1.807, 2.05) is 12.4 Å². The summed E-state index contributed by atoms with van der Waals surface area (Å²) in [4.78, 5) is 14.4. The molecular formula is C63H51N3. The average molecular weight is 850 g/mol. The van der Waals surface area contributed by atoms with Crippen molar-refractivity contribution < 1.29 is 0 Å². The maximum atomic E-state index is 5.12. The van der Waals surface area contributed by atoms with E-state index in [-0.39, 0.29) is 0 Å². The summed E-state index contributed by atoms with van der Waals surface area (Å²) in [6, 6.07) is 74.7. The van der Waals surface area contributed by atoms with E-state index in [0.717, 1.165) is 81.7 Å². The van der Waals surface area contributed by atoms with Gasteiger partial charge in [-0.25, -0.2) is 0 Å². The topological polar surface area (TPSA) is 38.7 Å². The monoisotopic (exact) mass is 849 g/mol. The maximum absolute atomic E-state index is 5.12. The van der Waals surface area contributed by atoms with Gasteiger partial charge in [0.25, 0.3) is 0 Å². The van der Waals surface area contributed by atoms with E-state index < -0.39 is 0 Å². The fourth-order valence-electron chi connectivity index (χ4n) is 8.86. The van der Waals surface area contributed by atoms with E-state index in [2.05, 4.69) is 236 Å². The lowest BCUT2D eigenvalue weighted by atomic mass is 9.87. The minimum absolute atomic E-state index is 0.926. The standard InChI is InChI=1S/C63H51N3/c1-44-17-35-61(64-41-44)54-27-23-46(24-28-54)19-21-48-37-49(22-20-47-25-29-55(30-26-47)62-36-18-45(2)42-65-62)39-56(38-48)57-15-9-10-16-58(57)60-43-66-63(53-13-7-4-8-14-53)40-59(60)52-33-31-51(32-34-52)50-11-5-3-6-12-50/h3-18,23-43H,19-22H2,1-2H3. The summed E-state index contributed by atoms with van der Waals surface area (Å²) in [7, 11) is 0. The van der Waals surface area contributed by atoms with Gasteiger partial charge in [0.2, 0.25) is 0 Å². The molecule has 0 radical (unpaired) electrons. The molecule has 0 amide bonds. The Hall–Kier alpha value is -8.01. The summed E-state index contributed by atoms with van der Waals surface area (Å²) in [6.45, 7) is 4.15. The Balaban J connectivity index is 1.00. The molecule has 7 aromatic carbocycles. The highest BCUT2D eigenvalue weighted by molar-refractivity contribution is 5.93. The summed E-state index contributed by atoms with van der Waals surface area (Å²) in [5, 5.41) is 0. The van der Waals surface area contributed by atoms with Gasteiger partial charge < -0.3 is 0 Å². The maximum Gasteiger partial charge on any atom is 0.0708 e. The van der Waals surface area contributed by atoms with Crippen LogP contribution in [-0.2, 0) is 25.7 Å². The van der Waals surface area contributed by atoms with E-state index in [1.165, 1.54) is 55.6 Å². The lowest BCUT2D eigenvalue weighted by molar-refractivity contribution is 0.931. The molecule has 10 rings (SSSR count). The molecule has 0 saturated carbocycles. The molecule has 3 heterocycles. The first-order chi connectivity index (χ1) is 32.5. The summed E-state index contributed by atoms with van der Waals surface area (Å²) in [5.74, 6) is 0. The third kappa shape index (κ3) is 9.72. The van der Waals surface area contributed by atoms with Crippen LogP contribution in [0, 0.1) is 13.8 Å². The van der Waals surface area contributed by atoms with Crippen LogP contribution in [0.15, 0.2) is 225 Å². The van der Waals surface area contributed by atoms with Crippen molar-refractivity contribution in [2.24, 2.45) is 0 Å². The predicted molar refractivity (Wildman–Crippen MR) is 275 cm³/mol. The Kier molecular flexibility index (Phi) is 12.3. The van der Waals surface area contributed by atoms with Crippen LogP contribution < -0.4 is 0 Å². The van der Waals surface area contributed by atoms with Gasteiger partial charge in [-0.2, -0.15) is 0 Å². The quantitative estimate of drug-likeness (QED) is 0.116. The molecule has 3 heteroatoms. The second-order valence-electron chi connectivity index (χ2n) is 17.3. The highest BCUT2D eigenvalue weighted by Gasteiger charge is 2.17. The molecule has 0 atom stereocenters. The Labute approximate surface area is 389 Å². The van der Waals surface area contributed by atoms with Gasteiger partial charge in [-0.05, 0) is 130 Å². The molecule has 0 bridgehead atoms. The second kappa shape index (κ2) is 19.4. The second-order valence-corrected chi connectivity index (χ2v) is 17.3. The summed E-state index contributed by atoms with van der Waals surface area (Å²) in [5.41, 5.74) is 23.4. The minimum atomic E-state index is 0.926. The van der Waals surface area contributed by atoms with Crippen LogP contribution in [0.1, 0.15) is 33.4 Å². The van der Waals surface area contributed by atoms with E-state index in [1.54, 1.807) is 0 Å².